The Morgan fingerprint density at radius 3 is 2.63 bits per heavy atom. The minimum absolute atomic E-state index is 0.0238. The van der Waals surface area contributed by atoms with E-state index < -0.39 is 21.8 Å². The first-order chi connectivity index (χ1) is 12.8. The molecular formula is C17H21FN4O3S2. The highest BCUT2D eigenvalue weighted by Gasteiger charge is 2.33. The van der Waals surface area contributed by atoms with Crippen LogP contribution in [0.4, 0.5) is 9.52 Å². The molecule has 1 aromatic carbocycles. The minimum atomic E-state index is -3.76. The van der Waals surface area contributed by atoms with Crippen LogP contribution >= 0.6 is 11.3 Å². The zero-order chi connectivity index (χ0) is 19.6. The molecule has 10 heteroatoms. The van der Waals surface area contributed by atoms with Crippen molar-refractivity contribution in [2.45, 2.75) is 37.5 Å². The van der Waals surface area contributed by atoms with E-state index in [9.17, 15) is 17.6 Å². The van der Waals surface area contributed by atoms with Crippen LogP contribution in [-0.2, 0) is 14.8 Å². The fourth-order valence-corrected chi connectivity index (χ4v) is 5.13. The Bertz CT molecular complexity index is 913. The minimum Gasteiger partial charge on any atom is -0.300 e. The molecule has 1 saturated heterocycles. The third-order valence-electron chi connectivity index (χ3n) is 4.37. The van der Waals surface area contributed by atoms with E-state index in [1.165, 1.54) is 27.8 Å². The summed E-state index contributed by atoms with van der Waals surface area (Å²) in [6, 6.07) is 4.71. The van der Waals surface area contributed by atoms with Crippen molar-refractivity contribution < 1.29 is 17.6 Å². The Labute approximate surface area is 161 Å². The molecule has 0 saturated carbocycles. The Kier molecular flexibility index (Phi) is 5.87. The van der Waals surface area contributed by atoms with Crippen molar-refractivity contribution in [1.82, 2.24) is 14.5 Å². The molecule has 0 aliphatic carbocycles. The third-order valence-corrected chi connectivity index (χ3v) is 7.39. The van der Waals surface area contributed by atoms with Gasteiger partial charge in [0.1, 0.15) is 10.8 Å². The second-order valence-corrected chi connectivity index (χ2v) is 9.69. The van der Waals surface area contributed by atoms with Crippen molar-refractivity contribution >= 4 is 32.4 Å². The normalized spacial score (nSPS) is 18.6. The number of anilines is 1. The van der Waals surface area contributed by atoms with Crippen LogP contribution in [-0.4, -0.2) is 41.9 Å². The van der Waals surface area contributed by atoms with Gasteiger partial charge in [0.15, 0.2) is 0 Å². The predicted molar refractivity (Wildman–Crippen MR) is 101 cm³/mol. The first-order valence-corrected chi connectivity index (χ1v) is 10.9. The number of rotatable bonds is 5. The van der Waals surface area contributed by atoms with Gasteiger partial charge >= 0.3 is 0 Å². The molecule has 0 spiro atoms. The molecule has 27 heavy (non-hydrogen) atoms. The molecular weight excluding hydrogens is 391 g/mol. The number of aromatic nitrogens is 2. The Morgan fingerprint density at radius 1 is 1.30 bits per heavy atom. The lowest BCUT2D eigenvalue weighted by molar-refractivity contribution is -0.120. The van der Waals surface area contributed by atoms with Crippen molar-refractivity contribution in [3.8, 4) is 0 Å². The van der Waals surface area contributed by atoms with Gasteiger partial charge in [-0.1, -0.05) is 25.2 Å². The van der Waals surface area contributed by atoms with Crippen molar-refractivity contribution in [1.29, 1.82) is 0 Å². The molecule has 1 fully saturated rings. The van der Waals surface area contributed by atoms with Gasteiger partial charge < -0.3 is 5.32 Å². The van der Waals surface area contributed by atoms with Crippen molar-refractivity contribution in [2.75, 3.05) is 18.4 Å². The molecule has 1 aliphatic heterocycles. The summed E-state index contributed by atoms with van der Waals surface area (Å²) in [7, 11) is -3.76. The maximum absolute atomic E-state index is 13.1. The van der Waals surface area contributed by atoms with Gasteiger partial charge in [0, 0.05) is 19.0 Å². The van der Waals surface area contributed by atoms with E-state index in [2.05, 4.69) is 15.5 Å². The summed E-state index contributed by atoms with van der Waals surface area (Å²) in [5, 5.41) is 12.0. The molecule has 0 radical (unpaired) electrons. The van der Waals surface area contributed by atoms with Crippen LogP contribution < -0.4 is 5.32 Å². The summed E-state index contributed by atoms with van der Waals surface area (Å²) in [6.45, 7) is 4.40. The first-order valence-electron chi connectivity index (χ1n) is 8.67. The molecule has 2 heterocycles. The molecule has 3 rings (SSSR count). The van der Waals surface area contributed by atoms with Crippen LogP contribution in [0.15, 0.2) is 29.2 Å². The van der Waals surface area contributed by atoms with E-state index in [1.807, 2.05) is 13.8 Å². The van der Waals surface area contributed by atoms with Crippen LogP contribution in [0.1, 0.15) is 37.6 Å². The zero-order valence-electron chi connectivity index (χ0n) is 15.1. The van der Waals surface area contributed by atoms with E-state index >= 15 is 0 Å². The number of carbonyl (C=O) groups excluding carboxylic acids is 1. The number of amides is 1. The second-order valence-electron chi connectivity index (χ2n) is 6.75. The highest BCUT2D eigenvalue weighted by Crippen LogP contribution is 2.26. The van der Waals surface area contributed by atoms with E-state index in [4.69, 9.17) is 0 Å². The lowest BCUT2D eigenvalue weighted by Gasteiger charge is -2.31. The molecule has 1 aliphatic rings. The summed E-state index contributed by atoms with van der Waals surface area (Å²) < 4.78 is 39.9. The molecule has 1 unspecified atom stereocenters. The van der Waals surface area contributed by atoms with Gasteiger partial charge in [-0.15, -0.1) is 10.2 Å². The van der Waals surface area contributed by atoms with Gasteiger partial charge in [0.25, 0.3) is 0 Å². The summed E-state index contributed by atoms with van der Waals surface area (Å²) in [4.78, 5) is 12.6. The number of piperidine rings is 1. The highest BCUT2D eigenvalue weighted by molar-refractivity contribution is 7.89. The predicted octanol–water partition coefficient (Wildman–Crippen LogP) is 2.84. The average molecular weight is 413 g/mol. The fourth-order valence-electron chi connectivity index (χ4n) is 2.86. The maximum Gasteiger partial charge on any atom is 0.243 e. The second kappa shape index (κ2) is 7.99. The average Bonchev–Trinajstić information content (AvgIpc) is 3.11. The zero-order valence-corrected chi connectivity index (χ0v) is 16.7. The first kappa shape index (κ1) is 19.8. The molecule has 1 aromatic heterocycles. The van der Waals surface area contributed by atoms with E-state index in [0.29, 0.717) is 24.5 Å². The summed E-state index contributed by atoms with van der Waals surface area (Å²) in [5.74, 6) is -1.01. The number of benzene rings is 1. The van der Waals surface area contributed by atoms with Gasteiger partial charge in [-0.05, 0) is 37.1 Å². The number of nitrogens with one attached hydrogen (secondary N) is 1. The Balaban J connectivity index is 1.69. The highest BCUT2D eigenvalue weighted by atomic mass is 32.2. The Hall–Kier alpha value is -1.91. The fraction of sp³-hybridized carbons (Fsp3) is 0.471. The molecule has 1 amide bonds. The topological polar surface area (TPSA) is 92.3 Å². The van der Waals surface area contributed by atoms with Gasteiger partial charge in [-0.2, -0.15) is 4.31 Å². The molecule has 146 valence electrons. The maximum atomic E-state index is 13.1. The lowest BCUT2D eigenvalue weighted by atomic mass is 9.99. The van der Waals surface area contributed by atoms with Crippen LogP contribution in [0.3, 0.4) is 0 Å². The number of carbonyl (C=O) groups is 1. The summed E-state index contributed by atoms with van der Waals surface area (Å²) in [5.41, 5.74) is 0. The lowest BCUT2D eigenvalue weighted by Crippen LogP contribution is -2.43. The van der Waals surface area contributed by atoms with Crippen LogP contribution in [0, 0.1) is 11.7 Å². The van der Waals surface area contributed by atoms with Gasteiger partial charge in [-0.25, -0.2) is 12.8 Å². The monoisotopic (exact) mass is 412 g/mol. The number of sulfonamides is 1. The molecule has 2 aromatic rings. The summed E-state index contributed by atoms with van der Waals surface area (Å²) in [6.07, 6.45) is 1.17. The van der Waals surface area contributed by atoms with Crippen molar-refractivity contribution in [3.63, 3.8) is 0 Å². The van der Waals surface area contributed by atoms with Crippen LogP contribution in [0.5, 0.6) is 0 Å². The standard InChI is InChI=1S/C17H21FN4O3S2/c1-11(2)16-20-21-17(26-16)19-15(23)12-4-3-9-22(10-12)27(24,25)14-7-5-13(18)6-8-14/h5-8,11-12H,3-4,9-10H2,1-2H3,(H,19,21,23). The number of hydrogen-bond acceptors (Lipinski definition) is 6. The molecule has 1 atom stereocenters. The van der Waals surface area contributed by atoms with Crippen molar-refractivity contribution in [3.05, 3.63) is 35.1 Å². The molecule has 1 N–H and O–H groups in total. The quantitative estimate of drug-likeness (QED) is 0.815. The SMILES string of the molecule is CC(C)c1nnc(NC(=O)C2CCCN(S(=O)(=O)c3ccc(F)cc3)C2)s1. The van der Waals surface area contributed by atoms with E-state index in [-0.39, 0.29) is 23.3 Å². The van der Waals surface area contributed by atoms with Crippen LogP contribution in [0.2, 0.25) is 0 Å². The molecule has 0 bridgehead atoms. The Morgan fingerprint density at radius 2 is 2.00 bits per heavy atom. The van der Waals surface area contributed by atoms with Crippen molar-refractivity contribution in [2.24, 2.45) is 5.92 Å². The largest absolute Gasteiger partial charge is 0.300 e. The van der Waals surface area contributed by atoms with E-state index in [1.54, 1.807) is 0 Å². The van der Waals surface area contributed by atoms with Gasteiger partial charge in [0.2, 0.25) is 21.1 Å². The molecule has 7 nitrogen and oxygen atoms in total. The van der Waals surface area contributed by atoms with Crippen LogP contribution in [0.25, 0.3) is 0 Å². The number of halogens is 1. The summed E-state index contributed by atoms with van der Waals surface area (Å²) >= 11 is 1.32. The van der Waals surface area contributed by atoms with Gasteiger partial charge in [-0.3, -0.25) is 4.79 Å². The number of hydrogen-bond donors (Lipinski definition) is 1. The van der Waals surface area contributed by atoms with E-state index in [0.717, 1.165) is 17.1 Å². The third kappa shape index (κ3) is 4.50. The smallest absolute Gasteiger partial charge is 0.243 e. The van der Waals surface area contributed by atoms with Gasteiger partial charge in [0.05, 0.1) is 10.8 Å². The number of nitrogens with zero attached hydrogens (tertiary/aromatic N) is 3.